The Morgan fingerprint density at radius 3 is 2.68 bits per heavy atom. The van der Waals surface area contributed by atoms with Crippen LogP contribution in [-0.2, 0) is 6.42 Å². The summed E-state index contributed by atoms with van der Waals surface area (Å²) in [4.78, 5) is 12.3. The van der Waals surface area contributed by atoms with Crippen LogP contribution in [0.5, 0.6) is 5.75 Å². The van der Waals surface area contributed by atoms with E-state index in [1.54, 1.807) is 7.11 Å². The van der Waals surface area contributed by atoms with E-state index in [1.165, 1.54) is 30.4 Å². The molecule has 120 valence electrons. The molecule has 1 atom stereocenters. The van der Waals surface area contributed by atoms with Crippen LogP contribution in [0.4, 0.5) is 4.79 Å². The molecule has 2 amide bonds. The fourth-order valence-corrected chi connectivity index (χ4v) is 3.70. The van der Waals surface area contributed by atoms with Gasteiger partial charge >= 0.3 is 6.03 Å². The van der Waals surface area contributed by atoms with Crippen LogP contribution in [0, 0.1) is 0 Å². The summed E-state index contributed by atoms with van der Waals surface area (Å²) in [5.41, 5.74) is 2.54. The molecule has 0 spiro atoms. The van der Waals surface area contributed by atoms with Gasteiger partial charge in [-0.15, -0.1) is 0 Å². The molecule has 4 heteroatoms. The summed E-state index contributed by atoms with van der Waals surface area (Å²) in [6, 6.07) is 6.64. The molecule has 1 aromatic rings. The Morgan fingerprint density at radius 1 is 1.09 bits per heavy atom. The minimum Gasteiger partial charge on any atom is -0.497 e. The van der Waals surface area contributed by atoms with Crippen molar-refractivity contribution in [2.75, 3.05) is 7.11 Å². The summed E-state index contributed by atoms with van der Waals surface area (Å²) in [7, 11) is 1.69. The predicted molar refractivity (Wildman–Crippen MR) is 87.2 cm³/mol. The predicted octanol–water partition coefficient (Wildman–Crippen LogP) is 3.70. The van der Waals surface area contributed by atoms with Crippen molar-refractivity contribution in [3.8, 4) is 5.75 Å². The molecule has 1 fully saturated rings. The lowest BCUT2D eigenvalue weighted by molar-refractivity contribution is 0.227. The standard InChI is InChI=1S/C18H26N2O2/c1-22-15-10-11-16-13(12-15)6-5-9-17(16)20-18(21)19-14-7-3-2-4-8-14/h10-12,14,17H,2-9H2,1H3,(H2,19,20,21)/t17-/m0/s1. The zero-order chi connectivity index (χ0) is 15.4. The van der Waals surface area contributed by atoms with Gasteiger partial charge in [0.2, 0.25) is 0 Å². The fraction of sp³-hybridized carbons (Fsp3) is 0.611. The van der Waals surface area contributed by atoms with Crippen LogP contribution in [0.3, 0.4) is 0 Å². The number of hydrogen-bond donors (Lipinski definition) is 2. The largest absolute Gasteiger partial charge is 0.497 e. The highest BCUT2D eigenvalue weighted by molar-refractivity contribution is 5.75. The Balaban J connectivity index is 1.62. The van der Waals surface area contributed by atoms with Crippen molar-refractivity contribution in [3.05, 3.63) is 29.3 Å². The van der Waals surface area contributed by atoms with Crippen LogP contribution in [0.2, 0.25) is 0 Å². The minimum absolute atomic E-state index is 0.0134. The van der Waals surface area contributed by atoms with Crippen LogP contribution in [0.15, 0.2) is 18.2 Å². The van der Waals surface area contributed by atoms with Crippen LogP contribution >= 0.6 is 0 Å². The molecule has 0 saturated heterocycles. The van der Waals surface area contributed by atoms with Crippen LogP contribution < -0.4 is 15.4 Å². The van der Waals surface area contributed by atoms with Gasteiger partial charge in [0.1, 0.15) is 5.75 Å². The summed E-state index contributed by atoms with van der Waals surface area (Å²) >= 11 is 0. The first-order chi connectivity index (χ1) is 10.8. The van der Waals surface area contributed by atoms with Crippen LogP contribution in [-0.4, -0.2) is 19.2 Å². The number of methoxy groups -OCH3 is 1. The molecule has 1 saturated carbocycles. The summed E-state index contributed by atoms with van der Waals surface area (Å²) in [5.74, 6) is 0.894. The Bertz CT molecular complexity index is 524. The molecule has 4 nitrogen and oxygen atoms in total. The van der Waals surface area contributed by atoms with Crippen molar-refractivity contribution >= 4 is 6.03 Å². The van der Waals surface area contributed by atoms with Gasteiger partial charge in [0.05, 0.1) is 13.2 Å². The van der Waals surface area contributed by atoms with Crippen molar-refractivity contribution < 1.29 is 9.53 Å². The molecule has 1 aromatic carbocycles. The summed E-state index contributed by atoms with van der Waals surface area (Å²) < 4.78 is 5.30. The molecule has 3 rings (SSSR count). The number of rotatable bonds is 3. The van der Waals surface area contributed by atoms with Gasteiger partial charge in [-0.05, 0) is 55.4 Å². The highest BCUT2D eigenvalue weighted by atomic mass is 16.5. The molecular weight excluding hydrogens is 276 g/mol. The maximum Gasteiger partial charge on any atom is 0.315 e. The molecule has 0 radical (unpaired) electrons. The van der Waals surface area contributed by atoms with Crippen molar-refractivity contribution in [2.24, 2.45) is 0 Å². The lowest BCUT2D eigenvalue weighted by Gasteiger charge is -2.29. The molecule has 2 aliphatic carbocycles. The second kappa shape index (κ2) is 7.03. The third-order valence-corrected chi connectivity index (χ3v) is 4.91. The number of aryl methyl sites for hydroxylation is 1. The third-order valence-electron chi connectivity index (χ3n) is 4.91. The lowest BCUT2D eigenvalue weighted by Crippen LogP contribution is -2.44. The highest BCUT2D eigenvalue weighted by Crippen LogP contribution is 2.32. The number of carbonyl (C=O) groups is 1. The Hall–Kier alpha value is -1.71. The fourth-order valence-electron chi connectivity index (χ4n) is 3.70. The van der Waals surface area contributed by atoms with E-state index < -0.39 is 0 Å². The Labute approximate surface area is 132 Å². The second-order valence-corrected chi connectivity index (χ2v) is 6.46. The zero-order valence-corrected chi connectivity index (χ0v) is 13.4. The zero-order valence-electron chi connectivity index (χ0n) is 13.4. The Morgan fingerprint density at radius 2 is 1.91 bits per heavy atom. The van der Waals surface area contributed by atoms with E-state index in [0.29, 0.717) is 6.04 Å². The maximum absolute atomic E-state index is 12.3. The van der Waals surface area contributed by atoms with E-state index >= 15 is 0 Å². The average molecular weight is 302 g/mol. The van der Waals surface area contributed by atoms with Gasteiger partial charge in [0, 0.05) is 6.04 Å². The quantitative estimate of drug-likeness (QED) is 0.894. The van der Waals surface area contributed by atoms with E-state index in [2.05, 4.69) is 22.8 Å². The minimum atomic E-state index is -0.0134. The number of nitrogens with one attached hydrogen (secondary N) is 2. The Kier molecular flexibility index (Phi) is 4.86. The smallest absolute Gasteiger partial charge is 0.315 e. The summed E-state index contributed by atoms with van der Waals surface area (Å²) in [6.07, 6.45) is 9.18. The molecule has 0 aromatic heterocycles. The van der Waals surface area contributed by atoms with Crippen LogP contribution in [0.1, 0.15) is 62.1 Å². The first-order valence-electron chi connectivity index (χ1n) is 8.50. The number of hydrogen-bond acceptors (Lipinski definition) is 2. The second-order valence-electron chi connectivity index (χ2n) is 6.46. The molecular formula is C18H26N2O2. The average Bonchev–Trinajstić information content (AvgIpc) is 2.55. The number of urea groups is 1. The van der Waals surface area contributed by atoms with E-state index in [-0.39, 0.29) is 12.1 Å². The van der Waals surface area contributed by atoms with E-state index in [4.69, 9.17) is 4.74 Å². The van der Waals surface area contributed by atoms with Gasteiger partial charge in [-0.3, -0.25) is 0 Å². The van der Waals surface area contributed by atoms with Gasteiger partial charge in [0.25, 0.3) is 0 Å². The summed E-state index contributed by atoms with van der Waals surface area (Å²) in [5, 5.41) is 6.31. The van der Waals surface area contributed by atoms with Crippen molar-refractivity contribution in [3.63, 3.8) is 0 Å². The molecule has 22 heavy (non-hydrogen) atoms. The van der Waals surface area contributed by atoms with Gasteiger partial charge in [-0.2, -0.15) is 0 Å². The van der Waals surface area contributed by atoms with Gasteiger partial charge < -0.3 is 15.4 Å². The third kappa shape index (κ3) is 3.54. The molecule has 0 heterocycles. The molecule has 0 unspecified atom stereocenters. The number of amides is 2. The molecule has 2 aliphatic rings. The van der Waals surface area contributed by atoms with E-state index in [0.717, 1.165) is 37.9 Å². The summed E-state index contributed by atoms with van der Waals surface area (Å²) in [6.45, 7) is 0. The van der Waals surface area contributed by atoms with E-state index in [9.17, 15) is 4.79 Å². The highest BCUT2D eigenvalue weighted by Gasteiger charge is 2.23. The number of benzene rings is 1. The lowest BCUT2D eigenvalue weighted by atomic mass is 9.87. The SMILES string of the molecule is COc1ccc2c(c1)CCC[C@@H]2NC(=O)NC1CCCCC1. The first-order valence-corrected chi connectivity index (χ1v) is 8.50. The maximum atomic E-state index is 12.3. The van der Waals surface area contributed by atoms with Crippen molar-refractivity contribution in [1.82, 2.24) is 10.6 Å². The van der Waals surface area contributed by atoms with Gasteiger partial charge in [-0.1, -0.05) is 25.3 Å². The topological polar surface area (TPSA) is 50.4 Å². The first kappa shape index (κ1) is 15.2. The number of carbonyl (C=O) groups excluding carboxylic acids is 1. The van der Waals surface area contributed by atoms with E-state index in [1.807, 2.05) is 6.07 Å². The number of ether oxygens (including phenoxy) is 1. The number of fused-ring (bicyclic) bond motifs is 1. The molecule has 2 N–H and O–H groups in total. The van der Waals surface area contributed by atoms with Crippen LogP contribution in [0.25, 0.3) is 0 Å². The molecule has 0 aliphatic heterocycles. The molecule has 0 bridgehead atoms. The normalized spacial score (nSPS) is 21.8. The van der Waals surface area contributed by atoms with Crippen molar-refractivity contribution in [2.45, 2.75) is 63.5 Å². The van der Waals surface area contributed by atoms with Gasteiger partial charge in [-0.25, -0.2) is 4.79 Å². The monoisotopic (exact) mass is 302 g/mol. The van der Waals surface area contributed by atoms with Gasteiger partial charge in [0.15, 0.2) is 0 Å². The van der Waals surface area contributed by atoms with Crippen molar-refractivity contribution in [1.29, 1.82) is 0 Å².